The number of imidazole rings is 1. The zero-order chi connectivity index (χ0) is 20.3. The van der Waals surface area contributed by atoms with Gasteiger partial charge in [0, 0.05) is 19.8 Å². The molecule has 0 saturated heterocycles. The first-order chi connectivity index (χ1) is 13.2. The van der Waals surface area contributed by atoms with Gasteiger partial charge >= 0.3 is 6.18 Å². The van der Waals surface area contributed by atoms with Gasteiger partial charge in [0.2, 0.25) is 11.8 Å². The van der Waals surface area contributed by atoms with Crippen LogP contribution >= 0.6 is 0 Å². The second kappa shape index (κ2) is 7.71. The summed E-state index contributed by atoms with van der Waals surface area (Å²) in [5.41, 5.74) is 0.666. The van der Waals surface area contributed by atoms with Gasteiger partial charge in [0.1, 0.15) is 5.82 Å². The Balaban J connectivity index is 1.73. The van der Waals surface area contributed by atoms with Gasteiger partial charge in [-0.1, -0.05) is 12.1 Å². The first-order valence-corrected chi connectivity index (χ1v) is 8.44. The molecule has 0 radical (unpaired) electrons. The Morgan fingerprint density at radius 3 is 2.50 bits per heavy atom. The normalized spacial score (nSPS) is 11.4. The summed E-state index contributed by atoms with van der Waals surface area (Å²) < 4.78 is 38.9. The number of para-hydroxylation sites is 2. The van der Waals surface area contributed by atoms with Crippen LogP contribution in [-0.4, -0.2) is 21.8 Å². The van der Waals surface area contributed by atoms with E-state index >= 15 is 0 Å². The van der Waals surface area contributed by atoms with E-state index in [4.69, 9.17) is 0 Å². The molecule has 0 spiro atoms. The summed E-state index contributed by atoms with van der Waals surface area (Å²) in [4.78, 5) is 31.0. The number of hydrogen-bond acceptors (Lipinski definition) is 3. The fourth-order valence-corrected chi connectivity index (χ4v) is 2.69. The van der Waals surface area contributed by atoms with Crippen LogP contribution in [0.25, 0.3) is 11.0 Å². The molecule has 0 aliphatic rings. The summed E-state index contributed by atoms with van der Waals surface area (Å²) in [5, 5.41) is 4.85. The summed E-state index contributed by atoms with van der Waals surface area (Å²) in [6, 6.07) is 10.1. The maximum absolute atomic E-state index is 13.0. The lowest BCUT2D eigenvalue weighted by atomic mass is 10.1. The number of fused-ring (bicyclic) bond motifs is 1. The van der Waals surface area contributed by atoms with E-state index in [2.05, 4.69) is 20.6 Å². The van der Waals surface area contributed by atoms with Crippen LogP contribution in [0.15, 0.2) is 42.5 Å². The van der Waals surface area contributed by atoms with Crippen molar-refractivity contribution in [1.82, 2.24) is 9.97 Å². The Bertz CT molecular complexity index is 994. The van der Waals surface area contributed by atoms with Crippen molar-refractivity contribution in [2.75, 3.05) is 10.6 Å². The molecule has 3 aromatic rings. The zero-order valence-electron chi connectivity index (χ0n) is 14.9. The molecule has 9 heteroatoms. The van der Waals surface area contributed by atoms with Crippen molar-refractivity contribution in [2.45, 2.75) is 25.9 Å². The number of H-pyrrole nitrogens is 1. The van der Waals surface area contributed by atoms with Gasteiger partial charge in [0.05, 0.1) is 28.0 Å². The number of halogens is 3. The Morgan fingerprint density at radius 2 is 1.82 bits per heavy atom. The molecule has 0 bridgehead atoms. The second-order valence-corrected chi connectivity index (χ2v) is 6.19. The Hall–Kier alpha value is -3.36. The lowest BCUT2D eigenvalue weighted by Crippen LogP contribution is -2.17. The van der Waals surface area contributed by atoms with E-state index in [9.17, 15) is 22.8 Å². The number of alkyl halides is 3. The van der Waals surface area contributed by atoms with Crippen LogP contribution in [0, 0.1) is 0 Å². The topological polar surface area (TPSA) is 86.9 Å². The van der Waals surface area contributed by atoms with Crippen molar-refractivity contribution in [3.8, 4) is 0 Å². The van der Waals surface area contributed by atoms with Gasteiger partial charge in [0.25, 0.3) is 0 Å². The second-order valence-electron chi connectivity index (χ2n) is 6.19. The van der Waals surface area contributed by atoms with Gasteiger partial charge in [-0.2, -0.15) is 13.2 Å². The van der Waals surface area contributed by atoms with E-state index in [-0.39, 0.29) is 24.2 Å². The van der Waals surface area contributed by atoms with E-state index in [0.29, 0.717) is 5.82 Å². The first-order valence-electron chi connectivity index (χ1n) is 8.44. The molecular weight excluding hydrogens is 373 g/mol. The summed E-state index contributed by atoms with van der Waals surface area (Å²) in [7, 11) is 0. The van der Waals surface area contributed by atoms with Crippen LogP contribution < -0.4 is 10.6 Å². The minimum absolute atomic E-state index is 0.00950. The van der Waals surface area contributed by atoms with E-state index in [1.165, 1.54) is 6.92 Å². The van der Waals surface area contributed by atoms with Crippen molar-refractivity contribution in [3.63, 3.8) is 0 Å². The summed E-state index contributed by atoms with van der Waals surface area (Å²) in [5.74, 6) is -0.355. The maximum atomic E-state index is 13.0. The van der Waals surface area contributed by atoms with Crippen molar-refractivity contribution in [3.05, 3.63) is 53.9 Å². The lowest BCUT2D eigenvalue weighted by Gasteiger charge is -2.14. The monoisotopic (exact) mass is 390 g/mol. The van der Waals surface area contributed by atoms with Gasteiger partial charge in [0.15, 0.2) is 0 Å². The number of amides is 2. The highest BCUT2D eigenvalue weighted by Crippen LogP contribution is 2.34. The number of hydrogen-bond donors (Lipinski definition) is 3. The summed E-state index contributed by atoms with van der Waals surface area (Å²) in [6.07, 6.45) is -4.27. The number of aryl methyl sites for hydroxylation is 1. The average molecular weight is 390 g/mol. The number of nitrogens with one attached hydrogen (secondary N) is 3. The van der Waals surface area contributed by atoms with Gasteiger partial charge < -0.3 is 15.6 Å². The van der Waals surface area contributed by atoms with Crippen LogP contribution in [0.3, 0.4) is 0 Å². The molecule has 1 heterocycles. The van der Waals surface area contributed by atoms with Gasteiger partial charge in [-0.25, -0.2) is 4.98 Å². The Labute approximate surface area is 158 Å². The minimum Gasteiger partial charge on any atom is -0.342 e. The van der Waals surface area contributed by atoms with Crippen LogP contribution in [0.5, 0.6) is 0 Å². The molecular formula is C19H17F3N4O2. The molecule has 1 aromatic heterocycles. The number of rotatable bonds is 5. The van der Waals surface area contributed by atoms with Gasteiger partial charge in [-0.15, -0.1) is 0 Å². The van der Waals surface area contributed by atoms with E-state index in [1.807, 2.05) is 24.3 Å². The third kappa shape index (κ3) is 4.67. The zero-order valence-corrected chi connectivity index (χ0v) is 14.9. The first kappa shape index (κ1) is 19.4. The van der Waals surface area contributed by atoms with Crippen LogP contribution in [0.2, 0.25) is 0 Å². The highest BCUT2D eigenvalue weighted by atomic mass is 19.4. The standard InChI is InChI=1S/C19H17F3N4O2/c1-11(27)23-15-7-6-12(19(20,21)22)10-16(15)26-18(28)9-8-17-24-13-4-2-3-5-14(13)25-17/h2-7,10H,8-9H2,1H3,(H,23,27)(H,24,25)(H,26,28). The molecule has 2 amide bonds. The number of benzene rings is 2. The van der Waals surface area contributed by atoms with Gasteiger partial charge in [-0.05, 0) is 30.3 Å². The Morgan fingerprint density at radius 1 is 1.07 bits per heavy atom. The molecule has 3 rings (SSSR count). The highest BCUT2D eigenvalue weighted by molar-refractivity contribution is 5.99. The SMILES string of the molecule is CC(=O)Nc1ccc(C(F)(F)F)cc1NC(=O)CCc1nc2ccccc2[nH]1. The number of aromatic amines is 1. The predicted octanol–water partition coefficient (Wildman–Crippen LogP) is 4.11. The summed E-state index contributed by atoms with van der Waals surface area (Å²) in [6.45, 7) is 1.23. The number of carbonyl (C=O) groups is 2. The molecule has 146 valence electrons. The summed E-state index contributed by atoms with van der Waals surface area (Å²) >= 11 is 0. The molecule has 28 heavy (non-hydrogen) atoms. The lowest BCUT2D eigenvalue weighted by molar-refractivity contribution is -0.137. The van der Waals surface area contributed by atoms with Crippen molar-refractivity contribution in [1.29, 1.82) is 0 Å². The number of carbonyl (C=O) groups excluding carboxylic acids is 2. The molecule has 0 aliphatic heterocycles. The predicted molar refractivity (Wildman–Crippen MR) is 98.8 cm³/mol. The smallest absolute Gasteiger partial charge is 0.342 e. The van der Waals surface area contributed by atoms with E-state index in [1.54, 1.807) is 0 Å². The fourth-order valence-electron chi connectivity index (χ4n) is 2.69. The highest BCUT2D eigenvalue weighted by Gasteiger charge is 2.31. The molecule has 2 aromatic carbocycles. The quantitative estimate of drug-likeness (QED) is 0.613. The van der Waals surface area contributed by atoms with Crippen LogP contribution in [0.4, 0.5) is 24.5 Å². The molecule has 0 unspecified atom stereocenters. The maximum Gasteiger partial charge on any atom is 0.416 e. The number of anilines is 2. The third-order valence-corrected chi connectivity index (χ3v) is 3.96. The minimum atomic E-state index is -4.57. The number of aromatic nitrogens is 2. The molecule has 0 fully saturated rings. The Kier molecular flexibility index (Phi) is 5.34. The van der Waals surface area contributed by atoms with Crippen LogP contribution in [-0.2, 0) is 22.2 Å². The van der Waals surface area contributed by atoms with Gasteiger partial charge in [-0.3, -0.25) is 9.59 Å². The number of nitrogens with zero attached hydrogens (tertiary/aromatic N) is 1. The largest absolute Gasteiger partial charge is 0.416 e. The molecule has 0 saturated carbocycles. The van der Waals surface area contributed by atoms with Crippen molar-refractivity contribution >= 4 is 34.2 Å². The van der Waals surface area contributed by atoms with E-state index < -0.39 is 23.6 Å². The average Bonchev–Trinajstić information content (AvgIpc) is 3.03. The van der Waals surface area contributed by atoms with Crippen molar-refractivity contribution in [2.24, 2.45) is 0 Å². The van der Waals surface area contributed by atoms with E-state index in [0.717, 1.165) is 29.2 Å². The third-order valence-electron chi connectivity index (χ3n) is 3.96. The molecule has 3 N–H and O–H groups in total. The molecule has 6 nitrogen and oxygen atoms in total. The molecule has 0 atom stereocenters. The fraction of sp³-hybridized carbons (Fsp3) is 0.211. The molecule has 0 aliphatic carbocycles. The van der Waals surface area contributed by atoms with Crippen LogP contribution in [0.1, 0.15) is 24.7 Å². The van der Waals surface area contributed by atoms with Crippen molar-refractivity contribution < 1.29 is 22.8 Å².